The zero-order chi connectivity index (χ0) is 17.2. The van der Waals surface area contributed by atoms with Gasteiger partial charge in [-0.1, -0.05) is 44.9 Å². The highest BCUT2D eigenvalue weighted by Crippen LogP contribution is 2.42. The van der Waals surface area contributed by atoms with E-state index in [1.54, 1.807) is 23.5 Å². The predicted octanol–water partition coefficient (Wildman–Crippen LogP) is 4.66. The van der Waals surface area contributed by atoms with Crippen molar-refractivity contribution in [3.05, 3.63) is 52.2 Å². The summed E-state index contributed by atoms with van der Waals surface area (Å²) >= 11 is 1.74. The van der Waals surface area contributed by atoms with Crippen LogP contribution in [-0.4, -0.2) is 15.0 Å². The third kappa shape index (κ3) is 3.58. The van der Waals surface area contributed by atoms with Gasteiger partial charge in [0.25, 0.3) is 0 Å². The Morgan fingerprint density at radius 1 is 1.12 bits per heavy atom. The minimum atomic E-state index is -3.46. The molecule has 5 heteroatoms. The highest BCUT2D eigenvalue weighted by atomic mass is 32.2. The van der Waals surface area contributed by atoms with Crippen molar-refractivity contribution in [2.45, 2.75) is 55.8 Å². The summed E-state index contributed by atoms with van der Waals surface area (Å²) in [5.74, 6) is 0.398. The molecule has 1 heterocycles. The molecule has 1 N–H and O–H groups in total. The van der Waals surface area contributed by atoms with Gasteiger partial charge in [-0.25, -0.2) is 13.1 Å². The quantitative estimate of drug-likeness (QED) is 0.811. The first-order valence-electron chi connectivity index (χ1n) is 8.57. The molecule has 0 aliphatic heterocycles. The molecule has 1 aliphatic rings. The molecular weight excluding hydrogens is 338 g/mol. The number of sulfonamides is 1. The van der Waals surface area contributed by atoms with Crippen LogP contribution in [-0.2, 0) is 15.4 Å². The van der Waals surface area contributed by atoms with Crippen LogP contribution in [0.5, 0.6) is 0 Å². The van der Waals surface area contributed by atoms with Crippen LogP contribution < -0.4 is 4.72 Å². The first-order chi connectivity index (χ1) is 11.4. The highest BCUT2D eigenvalue weighted by Gasteiger charge is 2.37. The Bertz CT molecular complexity index is 756. The lowest BCUT2D eigenvalue weighted by Crippen LogP contribution is -2.38. The first-order valence-corrected chi connectivity index (χ1v) is 10.9. The SMILES string of the molecule is CC(C)c1ccc(S(=O)(=O)NCC2(c3cccs3)CCCC2)cc1. The molecular formula is C19H25NO2S2. The van der Waals surface area contributed by atoms with Gasteiger partial charge >= 0.3 is 0 Å². The summed E-state index contributed by atoms with van der Waals surface area (Å²) in [5.41, 5.74) is 1.12. The zero-order valence-corrected chi connectivity index (χ0v) is 15.9. The second-order valence-corrected chi connectivity index (χ2v) is 9.73. The molecule has 0 radical (unpaired) electrons. The van der Waals surface area contributed by atoms with Crippen molar-refractivity contribution in [3.8, 4) is 0 Å². The van der Waals surface area contributed by atoms with Crippen LogP contribution in [0.25, 0.3) is 0 Å². The third-order valence-electron chi connectivity index (χ3n) is 5.06. The van der Waals surface area contributed by atoms with E-state index in [1.807, 2.05) is 12.1 Å². The van der Waals surface area contributed by atoms with Crippen molar-refractivity contribution in [2.75, 3.05) is 6.54 Å². The minimum Gasteiger partial charge on any atom is -0.210 e. The van der Waals surface area contributed by atoms with E-state index in [1.165, 1.54) is 17.7 Å². The van der Waals surface area contributed by atoms with Crippen molar-refractivity contribution < 1.29 is 8.42 Å². The van der Waals surface area contributed by atoms with Gasteiger partial charge in [0, 0.05) is 16.8 Å². The smallest absolute Gasteiger partial charge is 0.210 e. The topological polar surface area (TPSA) is 46.2 Å². The highest BCUT2D eigenvalue weighted by molar-refractivity contribution is 7.89. The summed E-state index contributed by atoms with van der Waals surface area (Å²) in [7, 11) is -3.46. The van der Waals surface area contributed by atoms with E-state index >= 15 is 0 Å². The summed E-state index contributed by atoms with van der Waals surface area (Å²) in [5, 5.41) is 2.08. The van der Waals surface area contributed by atoms with Gasteiger partial charge in [0.1, 0.15) is 0 Å². The van der Waals surface area contributed by atoms with E-state index in [2.05, 4.69) is 36.1 Å². The summed E-state index contributed by atoms with van der Waals surface area (Å²) in [6.45, 7) is 4.70. The van der Waals surface area contributed by atoms with Crippen LogP contribution in [0.4, 0.5) is 0 Å². The maximum absolute atomic E-state index is 12.7. The molecule has 0 saturated heterocycles. The van der Waals surface area contributed by atoms with Crippen LogP contribution in [0.15, 0.2) is 46.7 Å². The van der Waals surface area contributed by atoms with Crippen LogP contribution in [0, 0.1) is 0 Å². The number of thiophene rings is 1. The Morgan fingerprint density at radius 3 is 2.33 bits per heavy atom. The predicted molar refractivity (Wildman–Crippen MR) is 100 cm³/mol. The van der Waals surface area contributed by atoms with Gasteiger partial charge in [-0.3, -0.25) is 0 Å². The summed E-state index contributed by atoms with van der Waals surface area (Å²) in [6, 6.07) is 11.4. The lowest BCUT2D eigenvalue weighted by molar-refractivity contribution is 0.440. The molecule has 0 unspecified atom stereocenters. The molecule has 1 aromatic heterocycles. The monoisotopic (exact) mass is 363 g/mol. The van der Waals surface area contributed by atoms with Crippen LogP contribution in [0.2, 0.25) is 0 Å². The van der Waals surface area contributed by atoms with Gasteiger partial charge in [0.05, 0.1) is 4.90 Å². The number of nitrogens with one attached hydrogen (secondary N) is 1. The fourth-order valence-corrected chi connectivity index (χ4v) is 5.61. The van der Waals surface area contributed by atoms with E-state index in [9.17, 15) is 8.42 Å². The van der Waals surface area contributed by atoms with E-state index in [-0.39, 0.29) is 5.41 Å². The molecule has 24 heavy (non-hydrogen) atoms. The Balaban J connectivity index is 1.77. The van der Waals surface area contributed by atoms with Gasteiger partial charge in [-0.05, 0) is 47.9 Å². The van der Waals surface area contributed by atoms with Crippen molar-refractivity contribution in [3.63, 3.8) is 0 Å². The van der Waals surface area contributed by atoms with Crippen LogP contribution in [0.3, 0.4) is 0 Å². The van der Waals surface area contributed by atoms with E-state index in [0.717, 1.165) is 18.4 Å². The number of benzene rings is 1. The summed E-state index contributed by atoms with van der Waals surface area (Å²) in [4.78, 5) is 1.66. The average molecular weight is 364 g/mol. The average Bonchev–Trinajstić information content (AvgIpc) is 3.25. The van der Waals surface area contributed by atoms with E-state index in [4.69, 9.17) is 0 Å². The molecule has 130 valence electrons. The lowest BCUT2D eigenvalue weighted by atomic mass is 9.85. The summed E-state index contributed by atoms with van der Waals surface area (Å²) in [6.07, 6.45) is 4.45. The molecule has 1 aromatic carbocycles. The van der Waals surface area contributed by atoms with Crippen LogP contribution in [0.1, 0.15) is 55.9 Å². The Hall–Kier alpha value is -1.17. The van der Waals surface area contributed by atoms with Gasteiger partial charge in [0.15, 0.2) is 0 Å². The molecule has 0 spiro atoms. The van der Waals surface area contributed by atoms with Gasteiger partial charge < -0.3 is 0 Å². The Morgan fingerprint density at radius 2 is 1.79 bits per heavy atom. The maximum Gasteiger partial charge on any atom is 0.240 e. The molecule has 0 atom stereocenters. The molecule has 1 fully saturated rings. The van der Waals surface area contributed by atoms with Crippen LogP contribution >= 0.6 is 11.3 Å². The second kappa shape index (κ2) is 6.98. The van der Waals surface area contributed by atoms with E-state index < -0.39 is 10.0 Å². The molecule has 3 rings (SSSR count). The molecule has 1 saturated carbocycles. The van der Waals surface area contributed by atoms with Crippen molar-refractivity contribution in [2.24, 2.45) is 0 Å². The Labute approximate surface area is 149 Å². The lowest BCUT2D eigenvalue weighted by Gasteiger charge is -2.28. The minimum absolute atomic E-state index is 0.0287. The molecule has 3 nitrogen and oxygen atoms in total. The fraction of sp³-hybridized carbons (Fsp3) is 0.474. The summed E-state index contributed by atoms with van der Waals surface area (Å²) < 4.78 is 28.2. The van der Waals surface area contributed by atoms with Gasteiger partial charge in [0.2, 0.25) is 10.0 Å². The molecule has 0 bridgehead atoms. The van der Waals surface area contributed by atoms with Crippen molar-refractivity contribution in [1.29, 1.82) is 0 Å². The number of hydrogen-bond donors (Lipinski definition) is 1. The van der Waals surface area contributed by atoms with Gasteiger partial charge in [-0.2, -0.15) is 0 Å². The maximum atomic E-state index is 12.7. The Kier molecular flexibility index (Phi) is 5.13. The molecule has 1 aliphatic carbocycles. The zero-order valence-electron chi connectivity index (χ0n) is 14.3. The van der Waals surface area contributed by atoms with Crippen molar-refractivity contribution >= 4 is 21.4 Å². The second-order valence-electron chi connectivity index (χ2n) is 7.01. The fourth-order valence-electron chi connectivity index (χ4n) is 3.49. The van der Waals surface area contributed by atoms with Gasteiger partial charge in [-0.15, -0.1) is 11.3 Å². The molecule has 2 aromatic rings. The molecule has 0 amide bonds. The van der Waals surface area contributed by atoms with E-state index in [0.29, 0.717) is 17.4 Å². The third-order valence-corrected chi connectivity index (χ3v) is 7.60. The van der Waals surface area contributed by atoms with Crippen molar-refractivity contribution in [1.82, 2.24) is 4.72 Å². The number of rotatable bonds is 6. The standard InChI is InChI=1S/C19H25NO2S2/c1-15(2)16-7-9-17(10-8-16)24(21,22)20-14-19(11-3-4-12-19)18-6-5-13-23-18/h5-10,13,15,20H,3-4,11-12,14H2,1-2H3. The normalized spacial score (nSPS) is 17.5. The number of hydrogen-bond acceptors (Lipinski definition) is 3. The first kappa shape index (κ1) is 17.6. The largest absolute Gasteiger partial charge is 0.240 e.